The highest BCUT2D eigenvalue weighted by molar-refractivity contribution is 6.18. The van der Waals surface area contributed by atoms with Crippen LogP contribution >= 0.6 is 11.6 Å². The monoisotopic (exact) mass is 293 g/mol. The first-order valence-corrected chi connectivity index (χ1v) is 7.93. The van der Waals surface area contributed by atoms with Gasteiger partial charge in [0, 0.05) is 24.0 Å². The molecule has 1 amide bonds. The Bertz CT molecular complexity index is 491. The molecule has 0 N–H and O–H groups in total. The van der Waals surface area contributed by atoms with E-state index in [2.05, 4.69) is 0 Å². The largest absolute Gasteiger partial charge is 0.492 e. The Labute approximate surface area is 124 Å². The molecule has 108 valence electrons. The number of hydrogen-bond acceptors (Lipinski definition) is 2. The van der Waals surface area contributed by atoms with Crippen LogP contribution < -0.4 is 4.74 Å². The highest BCUT2D eigenvalue weighted by Gasteiger charge is 2.35. The van der Waals surface area contributed by atoms with E-state index in [-0.39, 0.29) is 17.9 Å². The lowest BCUT2D eigenvalue weighted by Crippen LogP contribution is -2.44. The number of halogens is 1. The summed E-state index contributed by atoms with van der Waals surface area (Å²) in [7, 11) is 0. The van der Waals surface area contributed by atoms with Gasteiger partial charge in [0.1, 0.15) is 18.3 Å². The molecule has 0 aromatic heterocycles. The summed E-state index contributed by atoms with van der Waals surface area (Å²) in [6.07, 6.45) is 4.45. The normalized spacial score (nSPS) is 25.8. The second kappa shape index (κ2) is 6.04. The van der Waals surface area contributed by atoms with Crippen LogP contribution in [-0.4, -0.2) is 35.9 Å². The van der Waals surface area contributed by atoms with Gasteiger partial charge < -0.3 is 9.64 Å². The van der Waals surface area contributed by atoms with Crippen molar-refractivity contribution in [1.29, 1.82) is 0 Å². The molecule has 0 spiro atoms. The van der Waals surface area contributed by atoms with Crippen LogP contribution in [0.4, 0.5) is 0 Å². The summed E-state index contributed by atoms with van der Waals surface area (Å²) in [5.41, 5.74) is 1.02. The average molecular weight is 294 g/mol. The van der Waals surface area contributed by atoms with Gasteiger partial charge in [-0.25, -0.2) is 0 Å². The summed E-state index contributed by atoms with van der Waals surface area (Å²) >= 11 is 6.07. The van der Waals surface area contributed by atoms with Gasteiger partial charge in [0.2, 0.25) is 5.91 Å². The Morgan fingerprint density at radius 3 is 3.00 bits per heavy atom. The van der Waals surface area contributed by atoms with Crippen molar-refractivity contribution in [1.82, 2.24) is 4.90 Å². The molecule has 2 heterocycles. The van der Waals surface area contributed by atoms with Gasteiger partial charge in [-0.05, 0) is 18.9 Å². The minimum Gasteiger partial charge on any atom is -0.492 e. The molecule has 1 aromatic carbocycles. The molecule has 0 bridgehead atoms. The van der Waals surface area contributed by atoms with Crippen LogP contribution in [0.1, 0.15) is 37.2 Å². The van der Waals surface area contributed by atoms with Crippen LogP contribution in [0.3, 0.4) is 0 Å². The maximum atomic E-state index is 12.9. The SMILES string of the molecule is O=C(C1COc2ccccc21)N1CCCCCC1CCl. The van der Waals surface area contributed by atoms with E-state index in [1.165, 1.54) is 12.8 Å². The van der Waals surface area contributed by atoms with Crippen molar-refractivity contribution < 1.29 is 9.53 Å². The summed E-state index contributed by atoms with van der Waals surface area (Å²) < 4.78 is 5.64. The van der Waals surface area contributed by atoms with E-state index >= 15 is 0 Å². The lowest BCUT2D eigenvalue weighted by molar-refractivity contribution is -0.134. The molecule has 1 fully saturated rings. The topological polar surface area (TPSA) is 29.5 Å². The number of rotatable bonds is 2. The number of fused-ring (bicyclic) bond motifs is 1. The standard InChI is InChI=1S/C16H20ClNO2/c17-10-12-6-2-1-5-9-18(12)16(19)14-11-20-15-8-4-3-7-13(14)15/h3-4,7-8,12,14H,1-2,5-6,9-11H2. The Kier molecular flexibility index (Phi) is 4.16. The molecule has 4 heteroatoms. The summed E-state index contributed by atoms with van der Waals surface area (Å²) in [5, 5.41) is 0. The van der Waals surface area contributed by atoms with Crippen LogP contribution in [0.15, 0.2) is 24.3 Å². The van der Waals surface area contributed by atoms with E-state index in [1.54, 1.807) is 0 Å². The molecule has 2 aliphatic rings. The van der Waals surface area contributed by atoms with Gasteiger partial charge in [-0.15, -0.1) is 11.6 Å². The molecule has 1 saturated heterocycles. The number of likely N-dealkylation sites (tertiary alicyclic amines) is 1. The third-order valence-electron chi connectivity index (χ3n) is 4.34. The molecule has 2 atom stereocenters. The zero-order valence-corrected chi connectivity index (χ0v) is 12.3. The lowest BCUT2D eigenvalue weighted by atomic mass is 9.99. The van der Waals surface area contributed by atoms with Crippen molar-refractivity contribution in [2.24, 2.45) is 0 Å². The highest BCUT2D eigenvalue weighted by atomic mass is 35.5. The average Bonchev–Trinajstić information content (AvgIpc) is 2.76. The van der Waals surface area contributed by atoms with Crippen molar-refractivity contribution in [3.63, 3.8) is 0 Å². The summed E-state index contributed by atoms with van der Waals surface area (Å²) in [5.74, 6) is 1.40. The van der Waals surface area contributed by atoms with Crippen molar-refractivity contribution in [3.8, 4) is 5.75 Å². The molecule has 1 aromatic rings. The number of para-hydroxylation sites is 1. The number of nitrogens with zero attached hydrogens (tertiary/aromatic N) is 1. The summed E-state index contributed by atoms with van der Waals surface area (Å²) in [6, 6.07) is 8.02. The number of carbonyl (C=O) groups is 1. The lowest BCUT2D eigenvalue weighted by Gasteiger charge is -2.30. The van der Waals surface area contributed by atoms with Gasteiger partial charge in [0.05, 0.1) is 0 Å². The van der Waals surface area contributed by atoms with Gasteiger partial charge in [0.15, 0.2) is 0 Å². The quantitative estimate of drug-likeness (QED) is 0.784. The maximum absolute atomic E-state index is 12.9. The Morgan fingerprint density at radius 2 is 2.15 bits per heavy atom. The third-order valence-corrected chi connectivity index (χ3v) is 4.69. The van der Waals surface area contributed by atoms with Crippen LogP contribution in [0.2, 0.25) is 0 Å². The van der Waals surface area contributed by atoms with E-state index < -0.39 is 0 Å². The highest BCUT2D eigenvalue weighted by Crippen LogP contribution is 2.35. The molecule has 0 aliphatic carbocycles. The van der Waals surface area contributed by atoms with Crippen LogP contribution in [0, 0.1) is 0 Å². The fourth-order valence-electron chi connectivity index (χ4n) is 3.20. The molecule has 0 radical (unpaired) electrons. The van der Waals surface area contributed by atoms with E-state index in [4.69, 9.17) is 16.3 Å². The minimum atomic E-state index is -0.157. The van der Waals surface area contributed by atoms with Crippen molar-refractivity contribution in [3.05, 3.63) is 29.8 Å². The van der Waals surface area contributed by atoms with Gasteiger partial charge >= 0.3 is 0 Å². The second-order valence-corrected chi connectivity index (χ2v) is 5.90. The smallest absolute Gasteiger partial charge is 0.234 e. The van der Waals surface area contributed by atoms with Gasteiger partial charge in [-0.3, -0.25) is 4.79 Å². The number of hydrogen-bond donors (Lipinski definition) is 0. The predicted octanol–water partition coefficient (Wildman–Crippen LogP) is 3.17. The number of carbonyl (C=O) groups excluding carboxylic acids is 1. The van der Waals surface area contributed by atoms with Gasteiger partial charge in [-0.1, -0.05) is 31.0 Å². The van der Waals surface area contributed by atoms with Crippen LogP contribution in [0.5, 0.6) is 5.75 Å². The Hall–Kier alpha value is -1.22. The van der Waals surface area contributed by atoms with Gasteiger partial charge in [0.25, 0.3) is 0 Å². The number of benzene rings is 1. The van der Waals surface area contributed by atoms with Crippen molar-refractivity contribution >= 4 is 17.5 Å². The zero-order valence-electron chi connectivity index (χ0n) is 11.6. The van der Waals surface area contributed by atoms with Gasteiger partial charge in [-0.2, -0.15) is 0 Å². The Balaban J connectivity index is 1.81. The van der Waals surface area contributed by atoms with E-state index in [0.29, 0.717) is 12.5 Å². The van der Waals surface area contributed by atoms with E-state index in [1.807, 2.05) is 29.2 Å². The maximum Gasteiger partial charge on any atom is 0.234 e. The summed E-state index contributed by atoms with van der Waals surface area (Å²) in [4.78, 5) is 14.9. The molecule has 2 unspecified atom stereocenters. The van der Waals surface area contributed by atoms with Crippen molar-refractivity contribution in [2.45, 2.75) is 37.6 Å². The molecule has 20 heavy (non-hydrogen) atoms. The molecule has 2 aliphatic heterocycles. The first-order valence-electron chi connectivity index (χ1n) is 7.39. The first kappa shape index (κ1) is 13.7. The first-order chi connectivity index (χ1) is 9.81. The molecule has 3 nitrogen and oxygen atoms in total. The van der Waals surface area contributed by atoms with E-state index in [9.17, 15) is 4.79 Å². The Morgan fingerprint density at radius 1 is 1.30 bits per heavy atom. The number of ether oxygens (including phenoxy) is 1. The molecule has 3 rings (SSSR count). The van der Waals surface area contributed by atoms with Crippen molar-refractivity contribution in [2.75, 3.05) is 19.0 Å². The van der Waals surface area contributed by atoms with Crippen LogP contribution in [0.25, 0.3) is 0 Å². The number of amides is 1. The molecule has 0 saturated carbocycles. The number of alkyl halides is 1. The fourth-order valence-corrected chi connectivity index (χ4v) is 3.52. The third kappa shape index (κ3) is 2.51. The zero-order chi connectivity index (χ0) is 13.9. The summed E-state index contributed by atoms with van der Waals surface area (Å²) in [6.45, 7) is 1.29. The van der Waals surface area contributed by atoms with Crippen LogP contribution in [-0.2, 0) is 4.79 Å². The minimum absolute atomic E-state index is 0.157. The second-order valence-electron chi connectivity index (χ2n) is 5.59. The molecular weight excluding hydrogens is 274 g/mol. The van der Waals surface area contributed by atoms with E-state index in [0.717, 1.165) is 30.7 Å². The fraction of sp³-hybridized carbons (Fsp3) is 0.562. The molecular formula is C16H20ClNO2. The predicted molar refractivity (Wildman–Crippen MR) is 79.4 cm³/mol.